The number of piperazine rings is 1. The minimum Gasteiger partial charge on any atom is -0.388 e. The monoisotopic (exact) mass is 432 g/mol. The quantitative estimate of drug-likeness (QED) is 0.633. The van der Waals surface area contributed by atoms with Crippen LogP contribution in [0.2, 0.25) is 0 Å². The van der Waals surface area contributed by atoms with Gasteiger partial charge in [-0.05, 0) is 18.4 Å². The fourth-order valence-electron chi connectivity index (χ4n) is 3.88. The summed E-state index contributed by atoms with van der Waals surface area (Å²) >= 11 is 0. The minimum absolute atomic E-state index is 0. The van der Waals surface area contributed by atoms with Crippen molar-refractivity contribution in [3.05, 3.63) is 48.3 Å². The molecule has 162 valence electrons. The third-order valence-corrected chi connectivity index (χ3v) is 5.66. The molecule has 0 radical (unpaired) electrons. The van der Waals surface area contributed by atoms with E-state index in [1.54, 1.807) is 11.2 Å². The van der Waals surface area contributed by atoms with Gasteiger partial charge in [0.2, 0.25) is 5.91 Å². The largest absolute Gasteiger partial charge is 0.388 e. The van der Waals surface area contributed by atoms with Crippen LogP contribution in [0.25, 0.3) is 0 Å². The molecule has 0 saturated carbocycles. The number of benzene rings is 1. The van der Waals surface area contributed by atoms with Crippen LogP contribution in [-0.2, 0) is 11.3 Å². The van der Waals surface area contributed by atoms with Gasteiger partial charge in [0, 0.05) is 45.3 Å². The van der Waals surface area contributed by atoms with Crippen LogP contribution in [0.5, 0.6) is 0 Å². The second-order valence-corrected chi connectivity index (χ2v) is 7.80. The van der Waals surface area contributed by atoms with E-state index in [4.69, 9.17) is 0 Å². The third-order valence-electron chi connectivity index (χ3n) is 5.66. The Morgan fingerprint density at radius 3 is 2.63 bits per heavy atom. The minimum atomic E-state index is -0.828. The maximum absolute atomic E-state index is 12.0. The van der Waals surface area contributed by atoms with Crippen molar-refractivity contribution in [2.75, 3.05) is 49.5 Å². The van der Waals surface area contributed by atoms with Crippen molar-refractivity contribution in [2.45, 2.75) is 25.0 Å². The molecular formula is C21H29ClN6O2. The molecule has 0 aliphatic carbocycles. The molecule has 2 aliphatic rings. The molecule has 4 rings (SSSR count). The molecule has 2 fully saturated rings. The van der Waals surface area contributed by atoms with Crippen molar-refractivity contribution in [1.82, 2.24) is 20.2 Å². The van der Waals surface area contributed by atoms with Crippen molar-refractivity contribution < 1.29 is 9.90 Å². The van der Waals surface area contributed by atoms with Crippen LogP contribution in [0.4, 0.5) is 11.6 Å². The van der Waals surface area contributed by atoms with E-state index in [1.807, 2.05) is 24.3 Å². The number of aromatic nitrogens is 2. The van der Waals surface area contributed by atoms with Crippen molar-refractivity contribution in [3.63, 3.8) is 0 Å². The summed E-state index contributed by atoms with van der Waals surface area (Å²) < 4.78 is 0. The lowest BCUT2D eigenvalue weighted by molar-refractivity contribution is -0.136. The second-order valence-electron chi connectivity index (χ2n) is 7.80. The van der Waals surface area contributed by atoms with Crippen molar-refractivity contribution in [3.8, 4) is 0 Å². The van der Waals surface area contributed by atoms with E-state index in [1.165, 1.54) is 5.56 Å². The Labute approximate surface area is 183 Å². The molecule has 0 atom stereocenters. The molecule has 3 heterocycles. The zero-order valence-electron chi connectivity index (χ0n) is 17.0. The Bertz CT molecular complexity index is 829. The third kappa shape index (κ3) is 5.59. The zero-order valence-corrected chi connectivity index (χ0v) is 17.8. The van der Waals surface area contributed by atoms with Gasteiger partial charge in [0.05, 0.1) is 12.1 Å². The number of carbonyl (C=O) groups excluding carboxylic acids is 1. The smallest absolute Gasteiger partial charge is 0.236 e. The second kappa shape index (κ2) is 10.1. The summed E-state index contributed by atoms with van der Waals surface area (Å²) in [6.45, 7) is 4.32. The Balaban J connectivity index is 0.00000256. The van der Waals surface area contributed by atoms with E-state index < -0.39 is 5.60 Å². The highest BCUT2D eigenvalue weighted by Gasteiger charge is 2.36. The summed E-state index contributed by atoms with van der Waals surface area (Å²) in [5.74, 6) is 1.71. The van der Waals surface area contributed by atoms with Crippen LogP contribution in [0.1, 0.15) is 18.4 Å². The molecule has 0 unspecified atom stereocenters. The van der Waals surface area contributed by atoms with E-state index in [2.05, 4.69) is 37.6 Å². The first-order valence-electron chi connectivity index (χ1n) is 10.2. The van der Waals surface area contributed by atoms with Gasteiger partial charge in [0.1, 0.15) is 18.0 Å². The number of aliphatic hydroxyl groups is 1. The molecule has 1 aromatic heterocycles. The Morgan fingerprint density at radius 2 is 1.90 bits per heavy atom. The lowest BCUT2D eigenvalue weighted by Gasteiger charge is -2.42. The molecule has 2 aromatic rings. The van der Waals surface area contributed by atoms with Crippen LogP contribution >= 0.6 is 12.4 Å². The number of anilines is 2. The highest BCUT2D eigenvalue weighted by molar-refractivity contribution is 5.85. The van der Waals surface area contributed by atoms with Gasteiger partial charge in [-0.3, -0.25) is 4.79 Å². The van der Waals surface area contributed by atoms with E-state index in [0.717, 1.165) is 18.2 Å². The summed E-state index contributed by atoms with van der Waals surface area (Å²) in [6, 6.07) is 12.1. The molecule has 2 aliphatic heterocycles. The number of β-amino-alcohol motifs (C(OH)–C–C–N with tert-alkyl or cyclic N) is 1. The Kier molecular flexibility index (Phi) is 7.47. The normalized spacial score (nSPS) is 18.6. The molecule has 0 spiro atoms. The Morgan fingerprint density at radius 1 is 1.13 bits per heavy atom. The fraction of sp³-hybridized carbons (Fsp3) is 0.476. The highest BCUT2D eigenvalue weighted by atomic mass is 35.5. The average Bonchev–Trinajstić information content (AvgIpc) is 2.75. The van der Waals surface area contributed by atoms with Crippen LogP contribution in [0.15, 0.2) is 42.7 Å². The van der Waals surface area contributed by atoms with Gasteiger partial charge < -0.3 is 25.5 Å². The molecule has 3 N–H and O–H groups in total. The number of nitrogens with zero attached hydrogens (tertiary/aromatic N) is 4. The van der Waals surface area contributed by atoms with Crippen molar-refractivity contribution in [1.29, 1.82) is 0 Å². The van der Waals surface area contributed by atoms with Crippen molar-refractivity contribution >= 4 is 29.9 Å². The molecule has 30 heavy (non-hydrogen) atoms. The van der Waals surface area contributed by atoms with Crippen molar-refractivity contribution in [2.24, 2.45) is 0 Å². The van der Waals surface area contributed by atoms with Gasteiger partial charge in [0.25, 0.3) is 0 Å². The number of halogens is 1. The fourth-order valence-corrected chi connectivity index (χ4v) is 3.88. The maximum atomic E-state index is 12.0. The van der Waals surface area contributed by atoms with Crippen LogP contribution in [-0.4, -0.2) is 70.8 Å². The molecule has 1 amide bonds. The van der Waals surface area contributed by atoms with Gasteiger partial charge in [-0.15, -0.1) is 12.4 Å². The number of hydrogen-bond acceptors (Lipinski definition) is 7. The summed E-state index contributed by atoms with van der Waals surface area (Å²) in [5, 5.41) is 17.4. The first-order valence-corrected chi connectivity index (χ1v) is 10.2. The summed E-state index contributed by atoms with van der Waals surface area (Å²) in [6.07, 6.45) is 2.80. The van der Waals surface area contributed by atoms with Gasteiger partial charge in [-0.25, -0.2) is 9.97 Å². The Hall–Kier alpha value is -2.42. The number of amides is 1. The first-order chi connectivity index (χ1) is 14.1. The molecule has 1 aromatic carbocycles. The number of rotatable bonds is 6. The molecule has 2 saturated heterocycles. The topological polar surface area (TPSA) is 93.6 Å². The van der Waals surface area contributed by atoms with Gasteiger partial charge in [-0.2, -0.15) is 0 Å². The molecule has 8 nitrogen and oxygen atoms in total. The highest BCUT2D eigenvalue weighted by Crippen LogP contribution is 2.27. The summed E-state index contributed by atoms with van der Waals surface area (Å²) in [7, 11) is 0. The van der Waals surface area contributed by atoms with E-state index in [9.17, 15) is 9.90 Å². The lowest BCUT2D eigenvalue weighted by Crippen LogP contribution is -2.56. The number of nitrogens with one attached hydrogen (secondary N) is 2. The summed E-state index contributed by atoms with van der Waals surface area (Å²) in [4.78, 5) is 24.7. The van der Waals surface area contributed by atoms with E-state index >= 15 is 0 Å². The van der Waals surface area contributed by atoms with E-state index in [0.29, 0.717) is 52.1 Å². The average molecular weight is 433 g/mol. The van der Waals surface area contributed by atoms with Gasteiger partial charge in [-0.1, -0.05) is 30.3 Å². The standard InChI is InChI=1S/C21H28N6O2.ClH/c28-20-14-22-8-11-27(20)15-21(29)6-9-26(10-7-21)19-12-18(24-16-25-19)23-13-17-4-2-1-3-5-17;/h1-5,12,16,22,29H,6-11,13-15H2,(H,23,24,25);1H. The van der Waals surface area contributed by atoms with Gasteiger partial charge >= 0.3 is 0 Å². The molecule has 9 heteroatoms. The lowest BCUT2D eigenvalue weighted by atomic mass is 9.90. The first kappa shape index (κ1) is 22.3. The van der Waals surface area contributed by atoms with Crippen LogP contribution in [0.3, 0.4) is 0 Å². The zero-order chi connectivity index (χ0) is 20.1. The van der Waals surface area contributed by atoms with Gasteiger partial charge in [0.15, 0.2) is 0 Å². The number of piperidine rings is 1. The van der Waals surface area contributed by atoms with E-state index in [-0.39, 0.29) is 18.3 Å². The number of hydrogen-bond donors (Lipinski definition) is 3. The maximum Gasteiger partial charge on any atom is 0.236 e. The number of carbonyl (C=O) groups is 1. The molecular weight excluding hydrogens is 404 g/mol. The predicted octanol–water partition coefficient (Wildman–Crippen LogP) is 1.27. The predicted molar refractivity (Wildman–Crippen MR) is 119 cm³/mol. The molecule has 0 bridgehead atoms. The summed E-state index contributed by atoms with van der Waals surface area (Å²) in [5.41, 5.74) is 0.364. The van der Waals surface area contributed by atoms with Crippen LogP contribution in [0, 0.1) is 0 Å². The SMILES string of the molecule is Cl.O=C1CNCCN1CC1(O)CCN(c2cc(NCc3ccccc3)ncn2)CC1. The van der Waals surface area contributed by atoms with Crippen LogP contribution < -0.4 is 15.5 Å².